The molecule has 1 saturated carbocycles. The molecule has 106 valence electrons. The van der Waals surface area contributed by atoms with E-state index in [1.165, 1.54) is 12.1 Å². The summed E-state index contributed by atoms with van der Waals surface area (Å²) in [7, 11) is 0. The van der Waals surface area contributed by atoms with Crippen LogP contribution in [0.1, 0.15) is 24.5 Å². The standard InChI is InChI=1S/C14H13F3N2O/c15-14(16,17)7-20-9-3-4-12-10(5-9)11(18)6-13(19-12)8-1-2-8/h3-6,8H,1-2,7H2,(H2,18,19). The molecule has 1 fully saturated rings. The van der Waals surface area contributed by atoms with E-state index in [1.54, 1.807) is 12.1 Å². The molecule has 1 aliphatic carbocycles. The van der Waals surface area contributed by atoms with Gasteiger partial charge in [-0.05, 0) is 37.1 Å². The highest BCUT2D eigenvalue weighted by atomic mass is 19.4. The Balaban J connectivity index is 1.90. The van der Waals surface area contributed by atoms with E-state index in [4.69, 9.17) is 10.5 Å². The zero-order valence-corrected chi connectivity index (χ0v) is 10.6. The number of pyridine rings is 1. The van der Waals surface area contributed by atoms with E-state index in [0.29, 0.717) is 22.5 Å². The molecule has 3 nitrogen and oxygen atoms in total. The average molecular weight is 282 g/mol. The summed E-state index contributed by atoms with van der Waals surface area (Å²) in [5.74, 6) is 0.616. The zero-order valence-electron chi connectivity index (χ0n) is 10.6. The lowest BCUT2D eigenvalue weighted by molar-refractivity contribution is -0.153. The van der Waals surface area contributed by atoms with Crippen LogP contribution in [-0.2, 0) is 0 Å². The highest BCUT2D eigenvalue weighted by Crippen LogP contribution is 2.41. The Morgan fingerprint density at radius 3 is 2.65 bits per heavy atom. The number of rotatable bonds is 3. The smallest absolute Gasteiger partial charge is 0.422 e. The van der Waals surface area contributed by atoms with E-state index in [9.17, 15) is 13.2 Å². The third-order valence-corrected chi connectivity index (χ3v) is 3.23. The Bertz CT molecular complexity index is 651. The van der Waals surface area contributed by atoms with Crippen molar-refractivity contribution < 1.29 is 17.9 Å². The van der Waals surface area contributed by atoms with Gasteiger partial charge in [-0.2, -0.15) is 13.2 Å². The minimum Gasteiger partial charge on any atom is -0.484 e. The highest BCUT2D eigenvalue weighted by molar-refractivity contribution is 5.91. The number of alkyl halides is 3. The van der Waals surface area contributed by atoms with Crippen LogP contribution in [0.15, 0.2) is 24.3 Å². The molecule has 1 heterocycles. The zero-order chi connectivity index (χ0) is 14.3. The van der Waals surface area contributed by atoms with Crippen molar-refractivity contribution in [3.05, 3.63) is 30.0 Å². The van der Waals surface area contributed by atoms with Gasteiger partial charge in [0.2, 0.25) is 0 Å². The van der Waals surface area contributed by atoms with Gasteiger partial charge < -0.3 is 10.5 Å². The fraction of sp³-hybridized carbons (Fsp3) is 0.357. The second kappa shape index (κ2) is 4.54. The molecule has 6 heteroatoms. The summed E-state index contributed by atoms with van der Waals surface area (Å²) in [5.41, 5.74) is 8.12. The third kappa shape index (κ3) is 2.79. The van der Waals surface area contributed by atoms with Crippen LogP contribution in [0, 0.1) is 0 Å². The van der Waals surface area contributed by atoms with Crippen molar-refractivity contribution in [1.29, 1.82) is 0 Å². The third-order valence-electron chi connectivity index (χ3n) is 3.23. The normalized spacial score (nSPS) is 15.6. The van der Waals surface area contributed by atoms with Gasteiger partial charge in [-0.1, -0.05) is 0 Å². The second-order valence-corrected chi connectivity index (χ2v) is 4.99. The second-order valence-electron chi connectivity index (χ2n) is 4.99. The van der Waals surface area contributed by atoms with Crippen LogP contribution in [0.3, 0.4) is 0 Å². The van der Waals surface area contributed by atoms with E-state index in [0.717, 1.165) is 18.5 Å². The quantitative estimate of drug-likeness (QED) is 0.935. The summed E-state index contributed by atoms with van der Waals surface area (Å²) in [6.07, 6.45) is -2.12. The lowest BCUT2D eigenvalue weighted by Gasteiger charge is -2.11. The summed E-state index contributed by atoms with van der Waals surface area (Å²) in [4.78, 5) is 4.49. The summed E-state index contributed by atoms with van der Waals surface area (Å²) in [6, 6.07) is 6.42. The van der Waals surface area contributed by atoms with E-state index in [-0.39, 0.29) is 5.75 Å². The predicted octanol–water partition coefficient (Wildman–Crippen LogP) is 3.64. The van der Waals surface area contributed by atoms with Gasteiger partial charge in [0.15, 0.2) is 6.61 Å². The largest absolute Gasteiger partial charge is 0.484 e. The molecule has 3 rings (SSSR count). The first-order valence-electron chi connectivity index (χ1n) is 6.32. The molecule has 1 aliphatic rings. The molecular weight excluding hydrogens is 269 g/mol. The van der Waals surface area contributed by atoms with Crippen molar-refractivity contribution >= 4 is 16.6 Å². The monoisotopic (exact) mass is 282 g/mol. The molecule has 2 N–H and O–H groups in total. The van der Waals surface area contributed by atoms with Crippen LogP contribution in [0.5, 0.6) is 5.75 Å². The molecule has 0 saturated heterocycles. The average Bonchev–Trinajstić information content (AvgIpc) is 3.20. The van der Waals surface area contributed by atoms with Crippen molar-refractivity contribution in [1.82, 2.24) is 4.98 Å². The van der Waals surface area contributed by atoms with Gasteiger partial charge in [0, 0.05) is 22.7 Å². The van der Waals surface area contributed by atoms with Crippen LogP contribution in [-0.4, -0.2) is 17.8 Å². The maximum atomic E-state index is 12.1. The lowest BCUT2D eigenvalue weighted by Crippen LogP contribution is -2.19. The molecule has 0 bridgehead atoms. The van der Waals surface area contributed by atoms with E-state index in [2.05, 4.69) is 4.98 Å². The van der Waals surface area contributed by atoms with Crippen molar-refractivity contribution in [2.24, 2.45) is 0 Å². The van der Waals surface area contributed by atoms with Gasteiger partial charge in [-0.3, -0.25) is 4.98 Å². The molecular formula is C14H13F3N2O. The van der Waals surface area contributed by atoms with Crippen LogP contribution < -0.4 is 10.5 Å². The maximum absolute atomic E-state index is 12.1. The number of ether oxygens (including phenoxy) is 1. The van der Waals surface area contributed by atoms with Gasteiger partial charge in [-0.15, -0.1) is 0 Å². The first-order valence-corrected chi connectivity index (χ1v) is 6.32. The van der Waals surface area contributed by atoms with E-state index < -0.39 is 12.8 Å². The van der Waals surface area contributed by atoms with Crippen LogP contribution >= 0.6 is 0 Å². The van der Waals surface area contributed by atoms with Gasteiger partial charge in [0.1, 0.15) is 5.75 Å². The number of nitrogens with two attached hydrogens (primary N) is 1. The molecule has 0 unspecified atom stereocenters. The van der Waals surface area contributed by atoms with Crippen molar-refractivity contribution in [3.63, 3.8) is 0 Å². The van der Waals surface area contributed by atoms with Crippen LogP contribution in [0.4, 0.5) is 18.9 Å². The number of fused-ring (bicyclic) bond motifs is 1. The van der Waals surface area contributed by atoms with E-state index in [1.807, 2.05) is 0 Å². The van der Waals surface area contributed by atoms with Gasteiger partial charge >= 0.3 is 6.18 Å². The molecule has 1 aromatic carbocycles. The fourth-order valence-corrected chi connectivity index (χ4v) is 2.10. The van der Waals surface area contributed by atoms with Gasteiger partial charge in [0.05, 0.1) is 5.52 Å². The Kier molecular flexibility index (Phi) is 2.96. The number of hydrogen-bond acceptors (Lipinski definition) is 3. The van der Waals surface area contributed by atoms with Gasteiger partial charge in [0.25, 0.3) is 0 Å². The molecule has 0 spiro atoms. The molecule has 0 aliphatic heterocycles. The highest BCUT2D eigenvalue weighted by Gasteiger charge is 2.28. The van der Waals surface area contributed by atoms with Gasteiger partial charge in [-0.25, -0.2) is 0 Å². The summed E-state index contributed by atoms with van der Waals surface area (Å²) >= 11 is 0. The molecule has 0 amide bonds. The summed E-state index contributed by atoms with van der Waals surface area (Å²) in [6.45, 7) is -1.31. The summed E-state index contributed by atoms with van der Waals surface area (Å²) < 4.78 is 41.1. The molecule has 2 aromatic rings. The number of hydrogen-bond donors (Lipinski definition) is 1. The minimum atomic E-state index is -4.35. The first kappa shape index (κ1) is 13.0. The Morgan fingerprint density at radius 1 is 1.25 bits per heavy atom. The van der Waals surface area contributed by atoms with Crippen molar-refractivity contribution in [2.75, 3.05) is 12.3 Å². The Morgan fingerprint density at radius 2 is 2.00 bits per heavy atom. The Hall–Kier alpha value is -1.98. The van der Waals surface area contributed by atoms with Crippen LogP contribution in [0.2, 0.25) is 0 Å². The number of nitrogen functional groups attached to an aromatic ring is 1. The number of halogens is 3. The minimum absolute atomic E-state index is 0.141. The number of nitrogens with zero attached hydrogens (tertiary/aromatic N) is 1. The fourth-order valence-electron chi connectivity index (χ4n) is 2.10. The van der Waals surface area contributed by atoms with Crippen LogP contribution in [0.25, 0.3) is 10.9 Å². The SMILES string of the molecule is Nc1cc(C2CC2)nc2ccc(OCC(F)(F)F)cc12. The van der Waals surface area contributed by atoms with E-state index >= 15 is 0 Å². The predicted molar refractivity (Wildman–Crippen MR) is 69.7 cm³/mol. The lowest BCUT2D eigenvalue weighted by atomic mass is 10.1. The Labute approximate surface area is 113 Å². The number of anilines is 1. The first-order chi connectivity index (χ1) is 9.42. The molecule has 1 aromatic heterocycles. The number of benzene rings is 1. The van der Waals surface area contributed by atoms with Crippen molar-refractivity contribution in [3.8, 4) is 5.75 Å². The number of aromatic nitrogens is 1. The topological polar surface area (TPSA) is 48.1 Å². The molecule has 0 atom stereocenters. The molecule has 20 heavy (non-hydrogen) atoms. The summed E-state index contributed by atoms with van der Waals surface area (Å²) in [5, 5.41) is 0.620. The maximum Gasteiger partial charge on any atom is 0.422 e. The van der Waals surface area contributed by atoms with Crippen molar-refractivity contribution in [2.45, 2.75) is 24.9 Å². The molecule has 0 radical (unpaired) electrons.